The van der Waals surface area contributed by atoms with Crippen molar-refractivity contribution in [2.75, 3.05) is 0 Å². The summed E-state index contributed by atoms with van der Waals surface area (Å²) in [5.74, 6) is 1.69. The molecule has 0 unspecified atom stereocenters. The van der Waals surface area contributed by atoms with E-state index in [1.54, 1.807) is 0 Å². The van der Waals surface area contributed by atoms with Gasteiger partial charge < -0.3 is 13.4 Å². The maximum Gasteiger partial charge on any atom is 0.164 e. The van der Waals surface area contributed by atoms with E-state index >= 15 is 0 Å². The Kier molecular flexibility index (Phi) is 8.79. The first-order valence-electron chi connectivity index (χ1n) is 23.2. The molecule has 0 bridgehead atoms. The summed E-state index contributed by atoms with van der Waals surface area (Å²) < 4.78 is 15.5. The number of hydrogen-bond acceptors (Lipinski definition) is 5. The Hall–Kier alpha value is -9.39. The summed E-state index contributed by atoms with van der Waals surface area (Å²) in [5, 5.41) is 6.42. The minimum absolute atomic E-state index is 0.552. The standard InChI is InChI=1S/C63H38N4O2/c1-4-14-39(15-5-1)42-20-12-21-47(34-42)67-54-24-11-10-22-48(54)52-35-43(28-32-55(52)67)44-29-33-56-53(36-44)60-51(23-13-25-57(60)68-56)63-65-61(41-18-8-3-9-19-41)64-62(66-63)46-27-31-50-49-30-26-45(40-16-6-2-7-17-40)37-58(49)69-59(50)38-46/h1-38H. The first-order chi connectivity index (χ1) is 34.2. The fourth-order valence-corrected chi connectivity index (χ4v) is 10.1. The van der Waals surface area contributed by atoms with Crippen LogP contribution in [0, 0.1) is 0 Å². The van der Waals surface area contributed by atoms with Crippen LogP contribution in [0.1, 0.15) is 0 Å². The Morgan fingerprint density at radius 3 is 1.55 bits per heavy atom. The molecular weight excluding hydrogens is 845 g/mol. The molecule has 322 valence electrons. The van der Waals surface area contributed by atoms with E-state index < -0.39 is 0 Å². The van der Waals surface area contributed by atoms with Gasteiger partial charge in [-0.15, -0.1) is 0 Å². The van der Waals surface area contributed by atoms with Crippen molar-refractivity contribution in [1.29, 1.82) is 0 Å². The van der Waals surface area contributed by atoms with Crippen molar-refractivity contribution in [2.45, 2.75) is 0 Å². The minimum Gasteiger partial charge on any atom is -0.456 e. The van der Waals surface area contributed by atoms with Crippen LogP contribution in [0.5, 0.6) is 0 Å². The molecule has 10 aromatic carbocycles. The monoisotopic (exact) mass is 882 g/mol. The Morgan fingerprint density at radius 2 is 0.797 bits per heavy atom. The molecule has 6 heteroatoms. The van der Waals surface area contributed by atoms with Crippen LogP contribution in [-0.2, 0) is 0 Å². The number of fused-ring (bicyclic) bond motifs is 9. The van der Waals surface area contributed by atoms with E-state index in [4.69, 9.17) is 23.8 Å². The van der Waals surface area contributed by atoms with Crippen LogP contribution in [0.15, 0.2) is 239 Å². The highest BCUT2D eigenvalue weighted by atomic mass is 16.3. The molecule has 14 rings (SSSR count). The first kappa shape index (κ1) is 38.8. The van der Waals surface area contributed by atoms with Crippen LogP contribution in [0.4, 0.5) is 0 Å². The zero-order valence-corrected chi connectivity index (χ0v) is 37.0. The van der Waals surface area contributed by atoms with Gasteiger partial charge in [0.05, 0.1) is 11.0 Å². The predicted molar refractivity (Wildman–Crippen MR) is 281 cm³/mol. The Bertz CT molecular complexity index is 4300. The van der Waals surface area contributed by atoms with Gasteiger partial charge in [-0.05, 0) is 106 Å². The van der Waals surface area contributed by atoms with Gasteiger partial charge in [0.1, 0.15) is 22.3 Å². The van der Waals surface area contributed by atoms with E-state index in [-0.39, 0.29) is 0 Å². The summed E-state index contributed by atoms with van der Waals surface area (Å²) in [7, 11) is 0. The van der Waals surface area contributed by atoms with Crippen LogP contribution >= 0.6 is 0 Å². The van der Waals surface area contributed by atoms with Gasteiger partial charge in [-0.3, -0.25) is 0 Å². The van der Waals surface area contributed by atoms with E-state index in [9.17, 15) is 0 Å². The molecule has 4 heterocycles. The van der Waals surface area contributed by atoms with E-state index in [1.165, 1.54) is 21.9 Å². The third-order valence-electron chi connectivity index (χ3n) is 13.5. The number of hydrogen-bond donors (Lipinski definition) is 0. The molecule has 0 N–H and O–H groups in total. The summed E-state index contributed by atoms with van der Waals surface area (Å²) in [4.78, 5) is 15.5. The van der Waals surface area contributed by atoms with Gasteiger partial charge in [0, 0.05) is 54.7 Å². The smallest absolute Gasteiger partial charge is 0.164 e. The molecule has 0 radical (unpaired) electrons. The highest BCUT2D eigenvalue weighted by molar-refractivity contribution is 6.14. The van der Waals surface area contributed by atoms with Gasteiger partial charge in [0.15, 0.2) is 17.5 Å². The topological polar surface area (TPSA) is 69.9 Å². The van der Waals surface area contributed by atoms with Gasteiger partial charge in [0.25, 0.3) is 0 Å². The second-order valence-corrected chi connectivity index (χ2v) is 17.6. The van der Waals surface area contributed by atoms with Gasteiger partial charge in [-0.2, -0.15) is 0 Å². The normalized spacial score (nSPS) is 11.8. The quantitative estimate of drug-likeness (QED) is 0.159. The predicted octanol–water partition coefficient (Wildman–Crippen LogP) is 16.8. The van der Waals surface area contributed by atoms with Crippen molar-refractivity contribution in [3.05, 3.63) is 231 Å². The molecule has 0 fully saturated rings. The summed E-state index contributed by atoms with van der Waals surface area (Å²) in [6, 6.07) is 80.5. The van der Waals surface area contributed by atoms with Gasteiger partial charge >= 0.3 is 0 Å². The second kappa shape index (κ2) is 15.6. The maximum absolute atomic E-state index is 6.58. The van der Waals surface area contributed by atoms with Gasteiger partial charge in [0.2, 0.25) is 0 Å². The average molecular weight is 883 g/mol. The van der Waals surface area contributed by atoms with Crippen molar-refractivity contribution in [1.82, 2.24) is 19.5 Å². The number of benzene rings is 10. The van der Waals surface area contributed by atoms with E-state index in [2.05, 4.69) is 180 Å². The van der Waals surface area contributed by atoms with Crippen LogP contribution in [-0.4, -0.2) is 19.5 Å². The third kappa shape index (κ3) is 6.53. The number of rotatable bonds is 7. The molecule has 0 saturated heterocycles. The molecule has 14 aromatic rings. The molecular formula is C63H38N4O2. The van der Waals surface area contributed by atoms with Crippen LogP contribution in [0.2, 0.25) is 0 Å². The second-order valence-electron chi connectivity index (χ2n) is 17.6. The molecule has 69 heavy (non-hydrogen) atoms. The molecule has 0 atom stereocenters. The molecule has 6 nitrogen and oxygen atoms in total. The fraction of sp³-hybridized carbons (Fsp3) is 0. The molecule has 0 aliphatic heterocycles. The lowest BCUT2D eigenvalue weighted by molar-refractivity contribution is 0.668. The van der Waals surface area contributed by atoms with Crippen LogP contribution in [0.25, 0.3) is 139 Å². The largest absolute Gasteiger partial charge is 0.456 e. The van der Waals surface area contributed by atoms with Gasteiger partial charge in [-0.1, -0.05) is 158 Å². The lowest BCUT2D eigenvalue weighted by Crippen LogP contribution is -2.00. The average Bonchev–Trinajstić information content (AvgIpc) is 4.10. The number of furan rings is 2. The van der Waals surface area contributed by atoms with Crippen molar-refractivity contribution in [3.63, 3.8) is 0 Å². The highest BCUT2D eigenvalue weighted by Crippen LogP contribution is 2.41. The summed E-state index contributed by atoms with van der Waals surface area (Å²) in [6.45, 7) is 0. The summed E-state index contributed by atoms with van der Waals surface area (Å²) in [6.07, 6.45) is 0. The zero-order chi connectivity index (χ0) is 45.4. The van der Waals surface area contributed by atoms with Crippen LogP contribution in [0.3, 0.4) is 0 Å². The molecule has 0 spiro atoms. The van der Waals surface area contributed by atoms with Gasteiger partial charge in [-0.25, -0.2) is 15.0 Å². The number of nitrogens with zero attached hydrogens (tertiary/aromatic N) is 4. The van der Waals surface area contributed by atoms with Crippen LogP contribution < -0.4 is 0 Å². The Morgan fingerprint density at radius 1 is 0.275 bits per heavy atom. The lowest BCUT2D eigenvalue weighted by atomic mass is 9.99. The van der Waals surface area contributed by atoms with Crippen molar-refractivity contribution in [3.8, 4) is 73.2 Å². The number of para-hydroxylation sites is 1. The van der Waals surface area contributed by atoms with E-state index in [0.29, 0.717) is 17.5 Å². The van der Waals surface area contributed by atoms with Crippen molar-refractivity contribution >= 4 is 65.7 Å². The SMILES string of the molecule is c1ccc(-c2cccc(-n3c4ccccc4c4cc(-c5ccc6oc7cccc(-c8nc(-c9ccccc9)nc(-c9ccc%10c(c9)oc9cc(-c%11ccccc%11)ccc9%10)n8)c7c6c5)ccc43)c2)cc1. The van der Waals surface area contributed by atoms with Crippen molar-refractivity contribution in [2.24, 2.45) is 0 Å². The van der Waals surface area contributed by atoms with E-state index in [0.717, 1.165) is 99.5 Å². The van der Waals surface area contributed by atoms with Crippen molar-refractivity contribution < 1.29 is 8.83 Å². The lowest BCUT2D eigenvalue weighted by Gasteiger charge is -2.11. The molecule has 0 aliphatic rings. The third-order valence-corrected chi connectivity index (χ3v) is 13.5. The summed E-state index contributed by atoms with van der Waals surface area (Å²) in [5.41, 5.74) is 16.0. The Balaban J connectivity index is 0.893. The molecule has 4 aromatic heterocycles. The maximum atomic E-state index is 6.58. The molecule has 0 amide bonds. The number of aromatic nitrogens is 4. The molecule has 0 aliphatic carbocycles. The summed E-state index contributed by atoms with van der Waals surface area (Å²) >= 11 is 0. The highest BCUT2D eigenvalue weighted by Gasteiger charge is 2.20. The molecule has 0 saturated carbocycles. The van der Waals surface area contributed by atoms with E-state index in [1.807, 2.05) is 54.6 Å². The first-order valence-corrected chi connectivity index (χ1v) is 23.2. The fourth-order valence-electron chi connectivity index (χ4n) is 10.1. The zero-order valence-electron chi connectivity index (χ0n) is 37.0. The minimum atomic E-state index is 0.552. The Labute approximate surface area is 396 Å².